The smallest absolute Gasteiger partial charge is 0.0326 e. The van der Waals surface area contributed by atoms with E-state index in [1.54, 1.807) is 0 Å². The molecule has 1 aliphatic rings. The minimum atomic E-state index is 0. The van der Waals surface area contributed by atoms with E-state index in [0.29, 0.717) is 5.41 Å². The number of rotatable bonds is 0. The average Bonchev–Trinajstić information content (AvgIpc) is 2.61. The van der Waals surface area contributed by atoms with Crippen molar-refractivity contribution in [2.24, 2.45) is 64.6 Å². The molecule has 0 N–H and O–H groups in total. The van der Waals surface area contributed by atoms with Crippen molar-refractivity contribution in [1.82, 2.24) is 0 Å². The third-order valence-corrected chi connectivity index (χ3v) is 10.2. The van der Waals surface area contributed by atoms with E-state index in [-0.39, 0.29) is 52.0 Å². The summed E-state index contributed by atoms with van der Waals surface area (Å²) in [5, 5.41) is 0. The van der Waals surface area contributed by atoms with Crippen molar-refractivity contribution < 1.29 is 0 Å². The summed E-state index contributed by atoms with van der Waals surface area (Å²) in [5.41, 5.74) is 0.453. The first kappa shape index (κ1) is 50.0. The van der Waals surface area contributed by atoms with Gasteiger partial charge in [0.1, 0.15) is 0 Å². The monoisotopic (exact) mass is 477 g/mol. The van der Waals surface area contributed by atoms with Crippen LogP contribution in [0.2, 0.25) is 0 Å². The quantitative estimate of drug-likeness (QED) is 0.326. The molecule has 0 spiro atoms. The van der Waals surface area contributed by atoms with Crippen molar-refractivity contribution in [1.29, 1.82) is 0 Å². The highest BCUT2D eigenvalue weighted by Crippen LogP contribution is 2.46. The first-order valence-electron chi connectivity index (χ1n) is 11.8. The zero-order valence-electron chi connectivity index (χ0n) is 20.4. The van der Waals surface area contributed by atoms with Gasteiger partial charge < -0.3 is 0 Å². The van der Waals surface area contributed by atoms with Crippen LogP contribution in [0, 0.1) is 64.6 Å². The van der Waals surface area contributed by atoms with Gasteiger partial charge in [0.05, 0.1) is 0 Å². The molecule has 0 aromatic rings. The predicted octanol–water partition coefficient (Wildman–Crippen LogP) is 13.0. The lowest BCUT2D eigenvalue weighted by atomic mass is 9.61. The van der Waals surface area contributed by atoms with Crippen LogP contribution in [0.3, 0.4) is 0 Å². The Labute approximate surface area is 218 Å². The maximum absolute atomic E-state index is 2.54. The Balaban J connectivity index is -0.000000193. The van der Waals surface area contributed by atoms with E-state index in [1.807, 2.05) is 0 Å². The van der Waals surface area contributed by atoms with Gasteiger partial charge in [0.15, 0.2) is 0 Å². The van der Waals surface area contributed by atoms with E-state index in [1.165, 1.54) is 19.3 Å². The Morgan fingerprint density at radius 1 is 0.424 bits per heavy atom. The summed E-state index contributed by atoms with van der Waals surface area (Å²) in [6.45, 7) is 30.4. The van der Waals surface area contributed by atoms with Crippen LogP contribution in [-0.4, -0.2) is 0 Å². The first-order chi connectivity index (χ1) is 11.8. The van der Waals surface area contributed by atoms with Gasteiger partial charge in [0.2, 0.25) is 0 Å². The van der Waals surface area contributed by atoms with E-state index >= 15 is 0 Å². The molecule has 1 fully saturated rings. The molecule has 212 valence electrons. The second kappa shape index (κ2) is 20.2. The summed E-state index contributed by atoms with van der Waals surface area (Å²) in [7, 11) is 0. The molecule has 0 aliphatic heterocycles. The highest BCUT2D eigenvalue weighted by molar-refractivity contribution is 4.87. The summed E-state index contributed by atoms with van der Waals surface area (Å²) in [6.07, 6.45) is 4.18. The van der Waals surface area contributed by atoms with Crippen molar-refractivity contribution in [2.45, 2.75) is 154 Å². The molecule has 0 radical (unpaired) electrons. The van der Waals surface area contributed by atoms with Crippen molar-refractivity contribution in [2.75, 3.05) is 0 Å². The normalized spacial score (nSPS) is 38.9. The average molecular weight is 477 g/mol. The molecule has 0 heterocycles. The van der Waals surface area contributed by atoms with Gasteiger partial charge in [-0.2, -0.15) is 0 Å². The van der Waals surface area contributed by atoms with Gasteiger partial charge in [0.25, 0.3) is 0 Å². The largest absolute Gasteiger partial charge is 0.0776 e. The van der Waals surface area contributed by atoms with Gasteiger partial charge in [0, 0.05) is 0 Å². The Morgan fingerprint density at radius 2 is 0.697 bits per heavy atom. The van der Waals surface area contributed by atoms with Crippen molar-refractivity contribution in [3.63, 3.8) is 0 Å². The van der Waals surface area contributed by atoms with E-state index < -0.39 is 0 Å². The van der Waals surface area contributed by atoms with Crippen LogP contribution in [0.5, 0.6) is 0 Å². The van der Waals surface area contributed by atoms with Crippen LogP contribution in [0.15, 0.2) is 0 Å². The molecule has 1 aliphatic carbocycles. The molecule has 10 unspecified atom stereocenters. The Bertz CT molecular complexity index is 408. The Kier molecular flexibility index (Phi) is 30.6. The van der Waals surface area contributed by atoms with Gasteiger partial charge in [-0.1, -0.05) is 148 Å². The van der Waals surface area contributed by atoms with Crippen LogP contribution in [-0.2, 0) is 0 Å². The van der Waals surface area contributed by atoms with Gasteiger partial charge in [-0.15, -0.1) is 0 Å². The van der Waals surface area contributed by atoms with E-state index in [4.69, 9.17) is 0 Å². The van der Waals surface area contributed by atoms with Crippen molar-refractivity contribution in [3.05, 3.63) is 0 Å². The van der Waals surface area contributed by atoms with E-state index in [2.05, 4.69) is 83.1 Å². The summed E-state index contributed by atoms with van der Waals surface area (Å²) >= 11 is 0. The highest BCUT2D eigenvalue weighted by atomic mass is 14.4. The SMILES string of the molecule is C.C.C.C.C.C.C.CC1CCCC(C)(C)C(C)C(C)C(C)C(C)C(C)C(C)C(C)C(C)C1C. The molecule has 0 heteroatoms. The van der Waals surface area contributed by atoms with Gasteiger partial charge >= 0.3 is 0 Å². The Hall–Kier alpha value is 0. The second-order valence-corrected chi connectivity index (χ2v) is 11.5. The fraction of sp³-hybridized carbons (Fsp3) is 1.00. The van der Waals surface area contributed by atoms with Gasteiger partial charge in [-0.05, 0) is 71.0 Å². The predicted molar refractivity (Wildman–Crippen MR) is 166 cm³/mol. The van der Waals surface area contributed by atoms with Crippen molar-refractivity contribution in [3.8, 4) is 0 Å². The minimum Gasteiger partial charge on any atom is -0.0776 e. The summed E-state index contributed by atoms with van der Waals surface area (Å²) < 4.78 is 0. The van der Waals surface area contributed by atoms with Gasteiger partial charge in [-0.25, -0.2) is 0 Å². The molecule has 0 nitrogen and oxygen atoms in total. The summed E-state index contributed by atoms with van der Waals surface area (Å²) in [4.78, 5) is 0. The van der Waals surface area contributed by atoms with Crippen LogP contribution in [0.4, 0.5) is 0 Å². The Morgan fingerprint density at radius 3 is 1.03 bits per heavy atom. The van der Waals surface area contributed by atoms with E-state index in [9.17, 15) is 0 Å². The summed E-state index contributed by atoms with van der Waals surface area (Å²) in [5.74, 6) is 8.07. The fourth-order valence-corrected chi connectivity index (χ4v) is 5.93. The molecule has 0 bridgehead atoms. The molecular weight excluding hydrogens is 396 g/mol. The highest BCUT2D eigenvalue weighted by Gasteiger charge is 2.38. The molecule has 33 heavy (non-hydrogen) atoms. The molecule has 1 rings (SSSR count). The lowest BCUT2D eigenvalue weighted by molar-refractivity contribution is 0.0455. The molecular formula is C33H80. The zero-order valence-corrected chi connectivity index (χ0v) is 20.4. The molecule has 10 atom stereocenters. The van der Waals surface area contributed by atoms with Crippen LogP contribution in [0.25, 0.3) is 0 Å². The standard InChI is InChI=1S/C26H52.7CH4/c1-16-14-13-15-26(11,12)25(10)24(9)23(8)22(7)21(6)20(5)19(4)18(3)17(16)2;;;;;;;/h16-25H,13-15H2,1-12H3;7*1H4. The molecule has 1 saturated carbocycles. The maximum atomic E-state index is 2.54. The minimum absolute atomic E-state index is 0. The topological polar surface area (TPSA) is 0 Å². The fourth-order valence-electron chi connectivity index (χ4n) is 5.93. The van der Waals surface area contributed by atoms with Crippen LogP contribution >= 0.6 is 0 Å². The zero-order chi connectivity index (χ0) is 20.4. The molecule has 0 aromatic heterocycles. The third kappa shape index (κ3) is 12.0. The maximum Gasteiger partial charge on any atom is -0.0326 e. The van der Waals surface area contributed by atoms with Gasteiger partial charge in [-0.3, -0.25) is 0 Å². The van der Waals surface area contributed by atoms with Crippen molar-refractivity contribution >= 4 is 0 Å². The van der Waals surface area contributed by atoms with Crippen LogP contribution < -0.4 is 0 Å². The molecule has 0 saturated heterocycles. The first-order valence-corrected chi connectivity index (χ1v) is 11.8. The third-order valence-electron chi connectivity index (χ3n) is 10.2. The molecule has 0 aromatic carbocycles. The number of hydrogen-bond donors (Lipinski definition) is 0. The van der Waals surface area contributed by atoms with Crippen LogP contribution in [0.1, 0.15) is 154 Å². The lowest BCUT2D eigenvalue weighted by Crippen LogP contribution is -2.37. The summed E-state index contributed by atoms with van der Waals surface area (Å²) in [6, 6.07) is 0. The van der Waals surface area contributed by atoms with E-state index in [0.717, 1.165) is 59.2 Å². The lowest BCUT2D eigenvalue weighted by Gasteiger charge is -2.44. The number of hydrogen-bond acceptors (Lipinski definition) is 0. The molecule has 0 amide bonds. The second-order valence-electron chi connectivity index (χ2n) is 11.5.